The Morgan fingerprint density at radius 3 is 2.71 bits per heavy atom. The number of rotatable bonds is 6. The van der Waals surface area contributed by atoms with Crippen molar-refractivity contribution in [2.45, 2.75) is 38.1 Å². The van der Waals surface area contributed by atoms with Crippen LogP contribution in [0.2, 0.25) is 5.02 Å². The minimum Gasteiger partial charge on any atom is -0.493 e. The fraction of sp³-hybridized carbons (Fsp3) is 0.647. The van der Waals surface area contributed by atoms with Crippen molar-refractivity contribution in [1.82, 2.24) is 5.32 Å². The maximum atomic E-state index is 6.44. The van der Waals surface area contributed by atoms with Crippen LogP contribution in [0.1, 0.15) is 31.2 Å². The van der Waals surface area contributed by atoms with Gasteiger partial charge in [0.2, 0.25) is 0 Å². The molecule has 2 aliphatic rings. The standard InChI is InChI=1S/C17H25ClN2O/c18-15-4-3-14(17(10-15)21-11-12-1-2-12)9-16(19)13-5-7-20-8-6-13/h3-4,10,12-13,16,20H,1-2,5-9,11,19H2. The minimum atomic E-state index is 0.205. The largest absolute Gasteiger partial charge is 0.493 e. The monoisotopic (exact) mass is 308 g/mol. The highest BCUT2D eigenvalue weighted by Crippen LogP contribution is 2.32. The molecule has 3 N–H and O–H groups in total. The second-order valence-electron chi connectivity index (χ2n) is 6.46. The van der Waals surface area contributed by atoms with Gasteiger partial charge in [0.25, 0.3) is 0 Å². The van der Waals surface area contributed by atoms with Gasteiger partial charge in [0.05, 0.1) is 6.61 Å². The molecule has 1 saturated carbocycles. The van der Waals surface area contributed by atoms with Crippen LogP contribution in [0, 0.1) is 11.8 Å². The van der Waals surface area contributed by atoms with E-state index in [0.717, 1.165) is 42.8 Å². The van der Waals surface area contributed by atoms with Crippen LogP contribution >= 0.6 is 11.6 Å². The van der Waals surface area contributed by atoms with E-state index in [2.05, 4.69) is 11.4 Å². The average molecular weight is 309 g/mol. The van der Waals surface area contributed by atoms with Crippen molar-refractivity contribution in [2.75, 3.05) is 19.7 Å². The molecule has 3 nitrogen and oxygen atoms in total. The van der Waals surface area contributed by atoms with Crippen LogP contribution in [-0.4, -0.2) is 25.7 Å². The van der Waals surface area contributed by atoms with E-state index >= 15 is 0 Å². The normalized spacial score (nSPS) is 21.2. The Morgan fingerprint density at radius 2 is 2.00 bits per heavy atom. The lowest BCUT2D eigenvalue weighted by Gasteiger charge is -2.28. The number of hydrogen-bond acceptors (Lipinski definition) is 3. The molecule has 1 aromatic carbocycles. The first kappa shape index (κ1) is 15.1. The van der Waals surface area contributed by atoms with Crippen LogP contribution in [0.25, 0.3) is 0 Å². The molecule has 1 atom stereocenters. The first-order chi connectivity index (χ1) is 10.2. The smallest absolute Gasteiger partial charge is 0.124 e. The third kappa shape index (κ3) is 4.35. The Balaban J connectivity index is 1.64. The summed E-state index contributed by atoms with van der Waals surface area (Å²) in [5, 5.41) is 4.13. The van der Waals surface area contributed by atoms with E-state index in [0.29, 0.717) is 5.92 Å². The molecule has 116 valence electrons. The lowest BCUT2D eigenvalue weighted by molar-refractivity contribution is 0.289. The second-order valence-corrected chi connectivity index (χ2v) is 6.90. The Bertz CT molecular complexity index is 470. The van der Waals surface area contributed by atoms with Gasteiger partial charge in [0.15, 0.2) is 0 Å². The zero-order chi connectivity index (χ0) is 14.7. The average Bonchev–Trinajstić information content (AvgIpc) is 3.32. The molecule has 1 aliphatic carbocycles. The fourth-order valence-electron chi connectivity index (χ4n) is 3.02. The van der Waals surface area contributed by atoms with Crippen LogP contribution in [-0.2, 0) is 6.42 Å². The Kier molecular flexibility index (Phi) is 5.04. The number of hydrogen-bond donors (Lipinski definition) is 2. The van der Waals surface area contributed by atoms with Crippen LogP contribution in [0.5, 0.6) is 5.75 Å². The second kappa shape index (κ2) is 6.99. The predicted octanol–water partition coefficient (Wildman–Crippen LogP) is 3.00. The van der Waals surface area contributed by atoms with Crippen molar-refractivity contribution >= 4 is 11.6 Å². The van der Waals surface area contributed by atoms with Crippen LogP contribution in [0.4, 0.5) is 0 Å². The Labute approximate surface area is 132 Å². The quantitative estimate of drug-likeness (QED) is 0.849. The van der Waals surface area contributed by atoms with Crippen molar-refractivity contribution < 1.29 is 4.74 Å². The molecule has 1 unspecified atom stereocenters. The molecule has 1 saturated heterocycles. The van der Waals surface area contributed by atoms with Crippen molar-refractivity contribution in [3.63, 3.8) is 0 Å². The topological polar surface area (TPSA) is 47.3 Å². The maximum Gasteiger partial charge on any atom is 0.124 e. The number of ether oxygens (including phenoxy) is 1. The SMILES string of the molecule is NC(Cc1ccc(Cl)cc1OCC1CC1)C1CCNCC1. The third-order valence-electron chi connectivity index (χ3n) is 4.65. The third-order valence-corrected chi connectivity index (χ3v) is 4.88. The van der Waals surface area contributed by atoms with Gasteiger partial charge in [-0.05, 0) is 74.7 Å². The van der Waals surface area contributed by atoms with Gasteiger partial charge in [0.1, 0.15) is 5.75 Å². The number of piperidine rings is 1. The molecule has 0 amide bonds. The Morgan fingerprint density at radius 1 is 1.24 bits per heavy atom. The summed E-state index contributed by atoms with van der Waals surface area (Å²) >= 11 is 6.11. The molecule has 1 aliphatic heterocycles. The molecule has 3 rings (SSSR count). The molecule has 0 radical (unpaired) electrons. The number of nitrogens with one attached hydrogen (secondary N) is 1. The van der Waals surface area contributed by atoms with Gasteiger partial charge in [-0.3, -0.25) is 0 Å². The molecular weight excluding hydrogens is 284 g/mol. The molecule has 0 bridgehead atoms. The summed E-state index contributed by atoms with van der Waals surface area (Å²) in [6.45, 7) is 2.99. The van der Waals surface area contributed by atoms with Gasteiger partial charge in [-0.1, -0.05) is 17.7 Å². The molecule has 21 heavy (non-hydrogen) atoms. The summed E-state index contributed by atoms with van der Waals surface area (Å²) in [6.07, 6.45) is 5.82. The lowest BCUT2D eigenvalue weighted by atomic mass is 9.87. The zero-order valence-corrected chi connectivity index (χ0v) is 13.2. The van der Waals surface area contributed by atoms with Crippen LogP contribution < -0.4 is 15.8 Å². The molecule has 1 aromatic rings. The highest BCUT2D eigenvalue weighted by Gasteiger charge is 2.24. The summed E-state index contributed by atoms with van der Waals surface area (Å²) in [6, 6.07) is 6.16. The predicted molar refractivity (Wildman–Crippen MR) is 86.9 cm³/mol. The highest BCUT2D eigenvalue weighted by molar-refractivity contribution is 6.30. The van der Waals surface area contributed by atoms with Gasteiger partial charge in [0, 0.05) is 11.1 Å². The molecule has 4 heteroatoms. The van der Waals surface area contributed by atoms with E-state index in [4.69, 9.17) is 22.1 Å². The van der Waals surface area contributed by atoms with E-state index in [1.54, 1.807) is 0 Å². The summed E-state index contributed by atoms with van der Waals surface area (Å²) in [7, 11) is 0. The summed E-state index contributed by atoms with van der Waals surface area (Å²) in [4.78, 5) is 0. The molecule has 1 heterocycles. The van der Waals surface area contributed by atoms with Crippen molar-refractivity contribution in [3.05, 3.63) is 28.8 Å². The summed E-state index contributed by atoms with van der Waals surface area (Å²) in [5.74, 6) is 2.28. The molecule has 2 fully saturated rings. The summed E-state index contributed by atoms with van der Waals surface area (Å²) in [5.41, 5.74) is 7.64. The summed E-state index contributed by atoms with van der Waals surface area (Å²) < 4.78 is 5.98. The molecular formula is C17H25ClN2O. The van der Waals surface area contributed by atoms with Gasteiger partial charge in [-0.15, -0.1) is 0 Å². The van der Waals surface area contributed by atoms with Gasteiger partial charge in [-0.2, -0.15) is 0 Å². The molecule has 0 aromatic heterocycles. The Hall–Kier alpha value is -0.770. The van der Waals surface area contributed by atoms with Crippen molar-refractivity contribution in [2.24, 2.45) is 17.6 Å². The van der Waals surface area contributed by atoms with E-state index in [9.17, 15) is 0 Å². The minimum absolute atomic E-state index is 0.205. The van der Waals surface area contributed by atoms with E-state index < -0.39 is 0 Å². The maximum absolute atomic E-state index is 6.44. The van der Waals surface area contributed by atoms with Crippen LogP contribution in [0.3, 0.4) is 0 Å². The van der Waals surface area contributed by atoms with Gasteiger partial charge >= 0.3 is 0 Å². The number of halogens is 1. The zero-order valence-electron chi connectivity index (χ0n) is 12.5. The number of nitrogens with two attached hydrogens (primary N) is 1. The van der Waals surface area contributed by atoms with Gasteiger partial charge in [-0.25, -0.2) is 0 Å². The lowest BCUT2D eigenvalue weighted by Crippen LogP contribution is -2.39. The van der Waals surface area contributed by atoms with E-state index in [1.165, 1.54) is 31.2 Å². The van der Waals surface area contributed by atoms with E-state index in [1.807, 2.05) is 12.1 Å². The van der Waals surface area contributed by atoms with Crippen molar-refractivity contribution in [3.8, 4) is 5.75 Å². The fourth-order valence-corrected chi connectivity index (χ4v) is 3.18. The first-order valence-corrected chi connectivity index (χ1v) is 8.47. The van der Waals surface area contributed by atoms with Crippen molar-refractivity contribution in [1.29, 1.82) is 0 Å². The highest BCUT2D eigenvalue weighted by atomic mass is 35.5. The number of benzene rings is 1. The van der Waals surface area contributed by atoms with Crippen LogP contribution in [0.15, 0.2) is 18.2 Å². The van der Waals surface area contributed by atoms with E-state index in [-0.39, 0.29) is 6.04 Å². The molecule has 0 spiro atoms. The first-order valence-electron chi connectivity index (χ1n) is 8.10. The van der Waals surface area contributed by atoms with Gasteiger partial charge < -0.3 is 15.8 Å².